The largest absolute Gasteiger partial charge is 0.490 e. The van der Waals surface area contributed by atoms with Crippen LogP contribution >= 0.6 is 0 Å². The Morgan fingerprint density at radius 2 is 1.88 bits per heavy atom. The monoisotopic (exact) mass is 334 g/mol. The normalized spacial score (nSPS) is 11.1. The lowest BCUT2D eigenvalue weighted by Gasteiger charge is -2.09. The van der Waals surface area contributed by atoms with Crippen molar-refractivity contribution in [3.63, 3.8) is 0 Å². The standard InChI is InChI=1S/C16H11BN4O4/c22-15-14-12(5-10(7-19-14)17(24)25)20-16(23)21(15)13-8-18-6-9-3-1-2-4-11(9)13/h1-8,24-25H,(H,20,23). The van der Waals surface area contributed by atoms with E-state index in [-0.39, 0.29) is 16.5 Å². The molecule has 25 heavy (non-hydrogen) atoms. The van der Waals surface area contributed by atoms with Gasteiger partial charge in [-0.3, -0.25) is 9.78 Å². The zero-order chi connectivity index (χ0) is 17.6. The van der Waals surface area contributed by atoms with Crippen LogP contribution in [0.2, 0.25) is 0 Å². The van der Waals surface area contributed by atoms with E-state index in [1.807, 2.05) is 12.1 Å². The van der Waals surface area contributed by atoms with Gasteiger partial charge in [0.15, 0.2) is 5.52 Å². The molecule has 0 amide bonds. The first kappa shape index (κ1) is 15.2. The molecule has 1 aromatic carbocycles. The van der Waals surface area contributed by atoms with Crippen LogP contribution in [0.1, 0.15) is 0 Å². The van der Waals surface area contributed by atoms with E-state index in [2.05, 4.69) is 15.0 Å². The highest BCUT2D eigenvalue weighted by Crippen LogP contribution is 2.18. The van der Waals surface area contributed by atoms with Gasteiger partial charge >= 0.3 is 12.8 Å². The van der Waals surface area contributed by atoms with Crippen LogP contribution in [0.3, 0.4) is 0 Å². The second-order valence-corrected chi connectivity index (χ2v) is 5.49. The van der Waals surface area contributed by atoms with Crippen molar-refractivity contribution in [2.24, 2.45) is 0 Å². The van der Waals surface area contributed by atoms with Crippen LogP contribution in [-0.4, -0.2) is 36.7 Å². The zero-order valence-corrected chi connectivity index (χ0v) is 12.7. The molecular weight excluding hydrogens is 323 g/mol. The summed E-state index contributed by atoms with van der Waals surface area (Å²) in [5.74, 6) is 0. The molecule has 0 saturated heterocycles. The first-order valence-electron chi connectivity index (χ1n) is 7.40. The Hall–Kier alpha value is -3.30. The Labute approximate surface area is 140 Å². The van der Waals surface area contributed by atoms with E-state index in [0.717, 1.165) is 9.95 Å². The van der Waals surface area contributed by atoms with Gasteiger partial charge in [0, 0.05) is 28.6 Å². The third-order valence-electron chi connectivity index (χ3n) is 3.95. The highest BCUT2D eigenvalue weighted by Gasteiger charge is 2.17. The highest BCUT2D eigenvalue weighted by atomic mass is 16.4. The number of fused-ring (bicyclic) bond motifs is 2. The molecule has 0 radical (unpaired) electrons. The summed E-state index contributed by atoms with van der Waals surface area (Å²) >= 11 is 0. The Morgan fingerprint density at radius 1 is 1.08 bits per heavy atom. The fraction of sp³-hybridized carbons (Fsp3) is 0. The number of hydrogen-bond acceptors (Lipinski definition) is 6. The van der Waals surface area contributed by atoms with Crippen molar-refractivity contribution in [2.75, 3.05) is 0 Å². The fourth-order valence-corrected chi connectivity index (χ4v) is 2.75. The maximum absolute atomic E-state index is 12.8. The molecule has 0 unspecified atom stereocenters. The van der Waals surface area contributed by atoms with Gasteiger partial charge in [-0.15, -0.1) is 0 Å². The molecule has 4 rings (SSSR count). The zero-order valence-electron chi connectivity index (χ0n) is 12.7. The number of nitrogens with one attached hydrogen (secondary N) is 1. The van der Waals surface area contributed by atoms with Gasteiger partial charge in [0.1, 0.15) is 0 Å². The molecule has 3 N–H and O–H groups in total. The third-order valence-corrected chi connectivity index (χ3v) is 3.95. The van der Waals surface area contributed by atoms with Gasteiger partial charge in [0.2, 0.25) is 0 Å². The van der Waals surface area contributed by atoms with Gasteiger partial charge in [-0.1, -0.05) is 24.3 Å². The number of benzene rings is 1. The number of H-pyrrole nitrogens is 1. The van der Waals surface area contributed by atoms with E-state index in [4.69, 9.17) is 0 Å². The number of rotatable bonds is 2. The molecule has 122 valence electrons. The maximum atomic E-state index is 12.8. The molecular formula is C16H11BN4O4. The number of aromatic amines is 1. The SMILES string of the molecule is O=c1[nH]c2cc(B(O)O)cnc2c(=O)n1-c1cncc2ccccc12. The van der Waals surface area contributed by atoms with Crippen LogP contribution in [-0.2, 0) is 0 Å². The van der Waals surface area contributed by atoms with Crippen LogP contribution in [0.15, 0.2) is 58.5 Å². The van der Waals surface area contributed by atoms with Crippen molar-refractivity contribution in [2.45, 2.75) is 0 Å². The summed E-state index contributed by atoms with van der Waals surface area (Å²) in [7, 11) is -1.75. The van der Waals surface area contributed by atoms with Crippen molar-refractivity contribution in [3.8, 4) is 5.69 Å². The van der Waals surface area contributed by atoms with Gasteiger partial charge < -0.3 is 15.0 Å². The second kappa shape index (κ2) is 5.65. The molecule has 0 aliphatic carbocycles. The summed E-state index contributed by atoms with van der Waals surface area (Å²) in [5, 5.41) is 19.9. The minimum absolute atomic E-state index is 0.0111. The predicted molar refractivity (Wildman–Crippen MR) is 93.1 cm³/mol. The van der Waals surface area contributed by atoms with E-state index >= 15 is 0 Å². The summed E-state index contributed by atoms with van der Waals surface area (Å²) in [6.45, 7) is 0. The van der Waals surface area contributed by atoms with Crippen LogP contribution < -0.4 is 16.7 Å². The summed E-state index contributed by atoms with van der Waals surface area (Å²) in [4.78, 5) is 35.9. The number of hydrogen-bond donors (Lipinski definition) is 3. The van der Waals surface area contributed by atoms with Gasteiger partial charge in [-0.05, 0) is 6.07 Å². The third kappa shape index (κ3) is 2.42. The molecule has 0 atom stereocenters. The average Bonchev–Trinajstić information content (AvgIpc) is 2.61. The second-order valence-electron chi connectivity index (χ2n) is 5.49. The summed E-state index contributed by atoms with van der Waals surface area (Å²) in [5.41, 5.74) is -0.716. The Morgan fingerprint density at radius 3 is 2.68 bits per heavy atom. The van der Waals surface area contributed by atoms with Crippen LogP contribution in [0.25, 0.3) is 27.5 Å². The Balaban J connectivity index is 2.07. The van der Waals surface area contributed by atoms with Gasteiger partial charge in [-0.2, -0.15) is 0 Å². The molecule has 4 aromatic rings. The van der Waals surface area contributed by atoms with Crippen molar-refractivity contribution in [1.29, 1.82) is 0 Å². The lowest BCUT2D eigenvalue weighted by molar-refractivity contribution is 0.425. The molecule has 3 aromatic heterocycles. The topological polar surface area (TPSA) is 121 Å². The van der Waals surface area contributed by atoms with Gasteiger partial charge in [0.25, 0.3) is 5.56 Å². The highest BCUT2D eigenvalue weighted by molar-refractivity contribution is 6.58. The van der Waals surface area contributed by atoms with Crippen LogP contribution in [0, 0.1) is 0 Å². The molecule has 9 heteroatoms. The lowest BCUT2D eigenvalue weighted by Crippen LogP contribution is -2.36. The van der Waals surface area contributed by atoms with Crippen LogP contribution in [0.4, 0.5) is 0 Å². The maximum Gasteiger partial charge on any atom is 0.490 e. The first-order chi connectivity index (χ1) is 12.1. The molecule has 0 saturated carbocycles. The molecule has 0 fully saturated rings. The van der Waals surface area contributed by atoms with E-state index in [1.165, 1.54) is 18.5 Å². The van der Waals surface area contributed by atoms with Crippen molar-refractivity contribution in [1.82, 2.24) is 19.5 Å². The fourth-order valence-electron chi connectivity index (χ4n) is 2.75. The quantitative estimate of drug-likeness (QED) is 0.417. The minimum atomic E-state index is -1.75. The molecule has 0 spiro atoms. The van der Waals surface area contributed by atoms with E-state index < -0.39 is 18.4 Å². The molecule has 0 bridgehead atoms. The number of pyridine rings is 2. The van der Waals surface area contributed by atoms with Gasteiger partial charge in [-0.25, -0.2) is 14.3 Å². The van der Waals surface area contributed by atoms with Crippen molar-refractivity contribution in [3.05, 3.63) is 69.8 Å². The summed E-state index contributed by atoms with van der Waals surface area (Å²) in [6.07, 6.45) is 4.27. The van der Waals surface area contributed by atoms with E-state index in [0.29, 0.717) is 11.1 Å². The van der Waals surface area contributed by atoms with Crippen molar-refractivity contribution < 1.29 is 10.0 Å². The predicted octanol–water partition coefficient (Wildman–Crippen LogP) is -0.698. The van der Waals surface area contributed by atoms with Crippen LogP contribution in [0.5, 0.6) is 0 Å². The molecule has 0 aliphatic rings. The summed E-state index contributed by atoms with van der Waals surface area (Å²) < 4.78 is 0.972. The minimum Gasteiger partial charge on any atom is -0.423 e. The molecule has 0 aliphatic heterocycles. The smallest absolute Gasteiger partial charge is 0.423 e. The summed E-state index contributed by atoms with van der Waals surface area (Å²) in [6, 6.07) is 8.57. The first-order valence-corrected chi connectivity index (χ1v) is 7.40. The Bertz CT molecular complexity index is 1230. The average molecular weight is 334 g/mol. The Kier molecular flexibility index (Phi) is 3.45. The van der Waals surface area contributed by atoms with Crippen molar-refractivity contribution >= 4 is 34.4 Å². The van der Waals surface area contributed by atoms with E-state index in [9.17, 15) is 19.6 Å². The molecule has 8 nitrogen and oxygen atoms in total. The number of nitrogens with zero attached hydrogens (tertiary/aromatic N) is 3. The molecule has 3 heterocycles. The number of aromatic nitrogens is 4. The lowest BCUT2D eigenvalue weighted by atomic mass is 9.81. The van der Waals surface area contributed by atoms with E-state index in [1.54, 1.807) is 18.3 Å². The van der Waals surface area contributed by atoms with Gasteiger partial charge in [0.05, 0.1) is 17.4 Å².